The van der Waals surface area contributed by atoms with Gasteiger partial charge in [-0.2, -0.15) is 0 Å². The normalized spacial score (nSPS) is 14.2. The van der Waals surface area contributed by atoms with Gasteiger partial charge in [0.1, 0.15) is 28.0 Å². The molecule has 1 heterocycles. The van der Waals surface area contributed by atoms with E-state index in [9.17, 15) is 4.55 Å². The highest BCUT2D eigenvalue weighted by atomic mass is 79.9. The molecule has 7 heteroatoms. The van der Waals surface area contributed by atoms with Gasteiger partial charge in [0, 0.05) is 6.20 Å². The third-order valence-electron chi connectivity index (χ3n) is 1.73. The first-order chi connectivity index (χ1) is 7.84. The van der Waals surface area contributed by atoms with Crippen molar-refractivity contribution >= 4 is 45.3 Å². The Morgan fingerprint density at radius 2 is 2.18 bits per heavy atom. The van der Waals surface area contributed by atoms with Crippen molar-refractivity contribution in [1.29, 1.82) is 0 Å². The number of halogens is 1. The highest BCUT2D eigenvalue weighted by Crippen LogP contribution is 2.19. The van der Waals surface area contributed by atoms with E-state index in [1.54, 1.807) is 6.20 Å². The zero-order valence-corrected chi connectivity index (χ0v) is 13.3. The average Bonchev–Trinajstić information content (AvgIpc) is 2.26. The molecule has 1 aromatic heterocycles. The lowest BCUT2D eigenvalue weighted by Crippen LogP contribution is -2.25. The Morgan fingerprint density at radius 1 is 1.53 bits per heavy atom. The van der Waals surface area contributed by atoms with Crippen LogP contribution >= 0.6 is 27.7 Å². The predicted molar refractivity (Wildman–Crippen MR) is 77.0 cm³/mol. The minimum Gasteiger partial charge on any atom is -0.591 e. The number of rotatable bonds is 3. The van der Waals surface area contributed by atoms with Crippen LogP contribution < -0.4 is 0 Å². The summed E-state index contributed by atoms with van der Waals surface area (Å²) in [5.41, 5.74) is 0.641. The van der Waals surface area contributed by atoms with Gasteiger partial charge in [0.2, 0.25) is 0 Å². The third-order valence-corrected chi connectivity index (χ3v) is 4.24. The minimum absolute atomic E-state index is 0.363. The monoisotopic (exact) mass is 335 g/mol. The van der Waals surface area contributed by atoms with E-state index in [2.05, 4.69) is 30.3 Å². The number of hydrogen-bond donors (Lipinski definition) is 0. The summed E-state index contributed by atoms with van der Waals surface area (Å²) in [7, 11) is 0. The Balaban J connectivity index is 2.91. The van der Waals surface area contributed by atoms with E-state index in [0.29, 0.717) is 10.9 Å². The van der Waals surface area contributed by atoms with Gasteiger partial charge in [-0.1, -0.05) is 16.2 Å². The predicted octanol–water partition coefficient (Wildman–Crippen LogP) is 2.84. The first-order valence-corrected chi connectivity index (χ1v) is 7.99. The second-order valence-electron chi connectivity index (χ2n) is 4.19. The van der Waals surface area contributed by atoms with Crippen LogP contribution in [-0.4, -0.2) is 31.7 Å². The molecule has 0 bridgehead atoms. The van der Waals surface area contributed by atoms with Crippen LogP contribution in [0.1, 0.15) is 26.5 Å². The second-order valence-corrected chi connectivity index (χ2v) is 7.75. The Labute approximate surface area is 117 Å². The van der Waals surface area contributed by atoms with Crippen LogP contribution in [0.2, 0.25) is 0 Å². The second kappa shape index (κ2) is 6.17. The highest BCUT2D eigenvalue weighted by molar-refractivity contribution is 9.10. The van der Waals surface area contributed by atoms with E-state index >= 15 is 0 Å². The lowest BCUT2D eigenvalue weighted by molar-refractivity contribution is 0.562. The molecule has 0 saturated heterocycles. The summed E-state index contributed by atoms with van der Waals surface area (Å²) in [6.07, 6.45) is 5.09. The van der Waals surface area contributed by atoms with Crippen molar-refractivity contribution in [3.05, 3.63) is 16.4 Å². The lowest BCUT2D eigenvalue weighted by Gasteiger charge is -2.17. The fourth-order valence-corrected chi connectivity index (χ4v) is 1.96. The van der Waals surface area contributed by atoms with Crippen LogP contribution in [0.25, 0.3) is 0 Å². The van der Waals surface area contributed by atoms with E-state index < -0.39 is 11.4 Å². The molecule has 0 aliphatic rings. The largest absolute Gasteiger partial charge is 0.591 e. The lowest BCUT2D eigenvalue weighted by atomic mass is 10.3. The van der Waals surface area contributed by atoms with E-state index in [-0.39, 0.29) is 4.75 Å². The van der Waals surface area contributed by atoms with Crippen LogP contribution in [-0.2, 0) is 11.4 Å². The molecule has 0 saturated carbocycles. The standard InChI is InChI=1S/C10H14BrN3OS2/c1-10(2,3)17(15)13-6-8-7(11)5-12-9(14-8)16-4/h5-6H,1-4H3/t17-/m0/s1. The zero-order chi connectivity index (χ0) is 13.1. The summed E-state index contributed by atoms with van der Waals surface area (Å²) in [5.74, 6) is 0. The van der Waals surface area contributed by atoms with Gasteiger partial charge in [0.25, 0.3) is 0 Å². The molecule has 0 aliphatic heterocycles. The molecule has 0 spiro atoms. The van der Waals surface area contributed by atoms with Gasteiger partial charge in [0.05, 0.1) is 4.47 Å². The van der Waals surface area contributed by atoms with Gasteiger partial charge in [0.15, 0.2) is 5.16 Å². The fourth-order valence-electron chi connectivity index (χ4n) is 0.808. The molecule has 4 nitrogen and oxygen atoms in total. The maximum Gasteiger partial charge on any atom is 0.187 e. The summed E-state index contributed by atoms with van der Waals surface area (Å²) in [5, 5.41) is 0.663. The molecule has 0 aromatic carbocycles. The van der Waals surface area contributed by atoms with Crippen LogP contribution in [0.5, 0.6) is 0 Å². The summed E-state index contributed by atoms with van der Waals surface area (Å²) >= 11 is 3.51. The topological polar surface area (TPSA) is 61.2 Å². The molecule has 17 heavy (non-hydrogen) atoms. The SMILES string of the molecule is CSc1ncc(Br)c(C=N[S@@+]([O-])C(C)(C)C)n1. The van der Waals surface area contributed by atoms with E-state index in [1.165, 1.54) is 18.0 Å². The molecule has 0 N–H and O–H groups in total. The van der Waals surface area contributed by atoms with Gasteiger partial charge in [-0.05, 0) is 43.0 Å². The van der Waals surface area contributed by atoms with Crippen molar-refractivity contribution in [3.8, 4) is 0 Å². The van der Waals surface area contributed by atoms with Gasteiger partial charge in [-0.15, -0.1) is 0 Å². The Kier molecular flexibility index (Phi) is 5.43. The fraction of sp³-hybridized carbons (Fsp3) is 0.500. The molecular weight excluding hydrogens is 322 g/mol. The first kappa shape index (κ1) is 14.9. The summed E-state index contributed by atoms with van der Waals surface area (Å²) in [6, 6.07) is 0. The highest BCUT2D eigenvalue weighted by Gasteiger charge is 2.25. The number of aromatic nitrogens is 2. The first-order valence-electron chi connectivity index (χ1n) is 4.87. The summed E-state index contributed by atoms with van der Waals surface area (Å²) < 4.78 is 16.2. The van der Waals surface area contributed by atoms with Gasteiger partial charge in [-0.25, -0.2) is 9.97 Å². The number of nitrogens with zero attached hydrogens (tertiary/aromatic N) is 3. The van der Waals surface area contributed by atoms with Crippen molar-refractivity contribution < 1.29 is 4.55 Å². The molecule has 1 aromatic rings. The smallest absolute Gasteiger partial charge is 0.187 e. The zero-order valence-electron chi connectivity index (χ0n) is 10.1. The maximum atomic E-state index is 11.8. The third kappa shape index (κ3) is 4.57. The molecule has 0 unspecified atom stereocenters. The summed E-state index contributed by atoms with van der Waals surface area (Å²) in [6.45, 7) is 5.63. The van der Waals surface area contributed by atoms with Crippen LogP contribution in [0, 0.1) is 0 Å². The van der Waals surface area contributed by atoms with Crippen LogP contribution in [0.4, 0.5) is 0 Å². The number of thioether (sulfide) groups is 1. The molecular formula is C10H14BrN3OS2. The Hall–Kier alpha value is -0.110. The Bertz CT molecular complexity index is 421. The number of hydrogen-bond acceptors (Lipinski definition) is 5. The molecule has 0 radical (unpaired) electrons. The molecule has 0 fully saturated rings. The van der Waals surface area contributed by atoms with E-state index in [4.69, 9.17) is 0 Å². The van der Waals surface area contributed by atoms with Crippen molar-refractivity contribution in [3.63, 3.8) is 0 Å². The maximum absolute atomic E-state index is 11.8. The van der Waals surface area contributed by atoms with Crippen LogP contribution in [0.3, 0.4) is 0 Å². The van der Waals surface area contributed by atoms with Crippen molar-refractivity contribution in [2.75, 3.05) is 6.26 Å². The molecule has 0 aliphatic carbocycles. The van der Waals surface area contributed by atoms with Crippen molar-refractivity contribution in [2.24, 2.45) is 4.40 Å². The van der Waals surface area contributed by atoms with E-state index in [0.717, 1.165) is 4.47 Å². The molecule has 94 valence electrons. The van der Waals surface area contributed by atoms with E-state index in [1.807, 2.05) is 27.0 Å². The van der Waals surface area contributed by atoms with Crippen molar-refractivity contribution in [2.45, 2.75) is 30.7 Å². The van der Waals surface area contributed by atoms with Gasteiger partial charge in [-0.3, -0.25) is 0 Å². The Morgan fingerprint density at radius 3 is 2.71 bits per heavy atom. The minimum atomic E-state index is -1.27. The van der Waals surface area contributed by atoms with Crippen LogP contribution in [0.15, 0.2) is 20.2 Å². The average molecular weight is 336 g/mol. The summed E-state index contributed by atoms with van der Waals surface area (Å²) in [4.78, 5) is 8.37. The molecule has 1 rings (SSSR count). The molecule has 1 atom stereocenters. The van der Waals surface area contributed by atoms with Gasteiger partial charge < -0.3 is 4.55 Å². The van der Waals surface area contributed by atoms with Crippen molar-refractivity contribution in [1.82, 2.24) is 9.97 Å². The quantitative estimate of drug-likeness (QED) is 0.369. The van der Waals surface area contributed by atoms with Gasteiger partial charge >= 0.3 is 0 Å². The molecule has 0 amide bonds.